The molecular weight excluding hydrogens is 426 g/mol. The van der Waals surface area contributed by atoms with Crippen LogP contribution < -0.4 is 0 Å². The van der Waals surface area contributed by atoms with Crippen molar-refractivity contribution in [3.63, 3.8) is 0 Å². The highest BCUT2D eigenvalue weighted by atomic mass is 16.5. The van der Waals surface area contributed by atoms with Crippen LogP contribution in [0, 0.1) is 25.7 Å². The molecule has 1 atom stereocenters. The molecular formula is C26H27N7O. The SMILES string of the molecule is Cc1cccc(-c2cn(CC#Cc3cnc(-c4cn(CC5CCCCO5)nn4)c(C)c3)nn2)c1. The van der Waals surface area contributed by atoms with E-state index < -0.39 is 0 Å². The molecule has 3 aromatic heterocycles. The van der Waals surface area contributed by atoms with Gasteiger partial charge in [-0.3, -0.25) is 4.98 Å². The van der Waals surface area contributed by atoms with Crippen LogP contribution in [0.4, 0.5) is 0 Å². The lowest BCUT2D eigenvalue weighted by molar-refractivity contribution is 0.00370. The first kappa shape index (κ1) is 22.0. The van der Waals surface area contributed by atoms with Crippen LogP contribution in [-0.4, -0.2) is 47.7 Å². The zero-order valence-electron chi connectivity index (χ0n) is 19.5. The van der Waals surface area contributed by atoms with E-state index in [1.54, 1.807) is 10.9 Å². The number of aromatic nitrogens is 7. The minimum Gasteiger partial charge on any atom is -0.376 e. The predicted molar refractivity (Wildman–Crippen MR) is 129 cm³/mol. The van der Waals surface area contributed by atoms with Gasteiger partial charge in [0.05, 0.1) is 30.7 Å². The maximum absolute atomic E-state index is 5.80. The van der Waals surface area contributed by atoms with Gasteiger partial charge in [-0.1, -0.05) is 46.0 Å². The van der Waals surface area contributed by atoms with Crippen molar-refractivity contribution in [1.82, 2.24) is 35.0 Å². The molecule has 1 aromatic carbocycles. The summed E-state index contributed by atoms with van der Waals surface area (Å²) in [4.78, 5) is 4.60. The van der Waals surface area contributed by atoms with E-state index >= 15 is 0 Å². The number of pyridine rings is 1. The Balaban J connectivity index is 1.23. The van der Waals surface area contributed by atoms with E-state index in [0.29, 0.717) is 6.54 Å². The fraction of sp³-hybridized carbons (Fsp3) is 0.346. The third-order valence-corrected chi connectivity index (χ3v) is 5.85. The van der Waals surface area contributed by atoms with E-state index in [1.165, 1.54) is 12.0 Å². The highest BCUT2D eigenvalue weighted by molar-refractivity contribution is 5.59. The van der Waals surface area contributed by atoms with Crippen LogP contribution in [0.15, 0.2) is 48.9 Å². The van der Waals surface area contributed by atoms with Crippen LogP contribution >= 0.6 is 0 Å². The number of hydrogen-bond donors (Lipinski definition) is 0. The van der Waals surface area contributed by atoms with Crippen molar-refractivity contribution >= 4 is 0 Å². The molecule has 0 aliphatic carbocycles. The molecule has 5 rings (SSSR count). The monoisotopic (exact) mass is 453 g/mol. The molecule has 1 fully saturated rings. The van der Waals surface area contributed by atoms with Gasteiger partial charge < -0.3 is 4.74 Å². The Labute approximate surface area is 199 Å². The van der Waals surface area contributed by atoms with Crippen molar-refractivity contribution in [1.29, 1.82) is 0 Å². The van der Waals surface area contributed by atoms with E-state index in [4.69, 9.17) is 4.74 Å². The van der Waals surface area contributed by atoms with Gasteiger partial charge in [-0.05, 0) is 50.8 Å². The Morgan fingerprint density at radius 3 is 2.71 bits per heavy atom. The molecule has 4 aromatic rings. The minimum atomic E-state index is 0.216. The van der Waals surface area contributed by atoms with Gasteiger partial charge in [0.25, 0.3) is 0 Å². The lowest BCUT2D eigenvalue weighted by Crippen LogP contribution is -2.24. The van der Waals surface area contributed by atoms with E-state index in [1.807, 2.05) is 42.2 Å². The summed E-state index contributed by atoms with van der Waals surface area (Å²) in [7, 11) is 0. The first-order valence-electron chi connectivity index (χ1n) is 11.6. The first-order chi connectivity index (χ1) is 16.6. The van der Waals surface area contributed by atoms with Gasteiger partial charge in [0.15, 0.2) is 0 Å². The zero-order valence-corrected chi connectivity index (χ0v) is 19.5. The molecule has 1 aliphatic rings. The molecule has 0 spiro atoms. The molecule has 0 radical (unpaired) electrons. The number of hydrogen-bond acceptors (Lipinski definition) is 6. The lowest BCUT2D eigenvalue weighted by atomic mass is 10.1. The molecule has 0 N–H and O–H groups in total. The van der Waals surface area contributed by atoms with Crippen molar-refractivity contribution in [2.75, 3.05) is 6.61 Å². The molecule has 1 saturated heterocycles. The zero-order chi connectivity index (χ0) is 23.3. The van der Waals surface area contributed by atoms with Crippen LogP contribution in [0.5, 0.6) is 0 Å². The Bertz CT molecular complexity index is 1340. The normalized spacial score (nSPS) is 15.6. The average molecular weight is 454 g/mol. The van der Waals surface area contributed by atoms with Crippen molar-refractivity contribution < 1.29 is 4.74 Å². The summed E-state index contributed by atoms with van der Waals surface area (Å²) >= 11 is 0. The van der Waals surface area contributed by atoms with Gasteiger partial charge in [-0.25, -0.2) is 9.36 Å². The number of benzene rings is 1. The largest absolute Gasteiger partial charge is 0.376 e. The maximum atomic E-state index is 5.80. The number of rotatable bonds is 5. The molecule has 8 heteroatoms. The molecule has 1 unspecified atom stereocenters. The van der Waals surface area contributed by atoms with E-state index in [0.717, 1.165) is 59.8 Å². The summed E-state index contributed by atoms with van der Waals surface area (Å²) in [5.74, 6) is 6.33. The summed E-state index contributed by atoms with van der Waals surface area (Å²) < 4.78 is 9.40. The Hall–Kier alpha value is -3.83. The van der Waals surface area contributed by atoms with Crippen molar-refractivity contribution in [2.45, 2.75) is 52.3 Å². The number of aryl methyl sites for hydroxylation is 2. The van der Waals surface area contributed by atoms with Crippen LogP contribution in [0.1, 0.15) is 36.0 Å². The van der Waals surface area contributed by atoms with E-state index in [2.05, 4.69) is 56.5 Å². The van der Waals surface area contributed by atoms with Crippen molar-refractivity contribution in [2.24, 2.45) is 0 Å². The van der Waals surface area contributed by atoms with Crippen LogP contribution in [0.2, 0.25) is 0 Å². The van der Waals surface area contributed by atoms with E-state index in [-0.39, 0.29) is 6.10 Å². The summed E-state index contributed by atoms with van der Waals surface area (Å²) in [6, 6.07) is 10.2. The topological polar surface area (TPSA) is 83.5 Å². The fourth-order valence-corrected chi connectivity index (χ4v) is 4.10. The third-order valence-electron chi connectivity index (χ3n) is 5.85. The molecule has 1 aliphatic heterocycles. The molecule has 4 heterocycles. The smallest absolute Gasteiger partial charge is 0.131 e. The standard InChI is InChI=1S/C26H27N7O/c1-19-7-5-9-22(13-19)24-17-32(30-28-24)11-6-8-21-14-20(2)26(27-15-21)25-18-33(31-29-25)16-23-10-3-4-12-34-23/h5,7,9,13-15,17-18,23H,3-4,10-12,16H2,1-2H3. The second kappa shape index (κ2) is 9.98. The summed E-state index contributed by atoms with van der Waals surface area (Å²) in [5.41, 5.74) is 6.53. The average Bonchev–Trinajstić information content (AvgIpc) is 3.50. The number of ether oxygens (including phenoxy) is 1. The Morgan fingerprint density at radius 1 is 1.03 bits per heavy atom. The summed E-state index contributed by atoms with van der Waals surface area (Å²) in [6.07, 6.45) is 9.27. The minimum absolute atomic E-state index is 0.216. The van der Waals surface area contributed by atoms with Gasteiger partial charge in [0.1, 0.15) is 17.9 Å². The second-order valence-corrected chi connectivity index (χ2v) is 8.68. The molecule has 172 valence electrons. The second-order valence-electron chi connectivity index (χ2n) is 8.68. The summed E-state index contributed by atoms with van der Waals surface area (Å²) in [6.45, 7) is 6.10. The molecule has 8 nitrogen and oxygen atoms in total. The Morgan fingerprint density at radius 2 is 1.88 bits per heavy atom. The molecule has 0 saturated carbocycles. The van der Waals surface area contributed by atoms with Crippen molar-refractivity contribution in [3.8, 4) is 34.5 Å². The van der Waals surface area contributed by atoms with Crippen LogP contribution in [0.25, 0.3) is 22.6 Å². The van der Waals surface area contributed by atoms with Gasteiger partial charge >= 0.3 is 0 Å². The van der Waals surface area contributed by atoms with Gasteiger partial charge in [0, 0.05) is 23.9 Å². The van der Waals surface area contributed by atoms with Gasteiger partial charge in [0.2, 0.25) is 0 Å². The van der Waals surface area contributed by atoms with Crippen LogP contribution in [0.3, 0.4) is 0 Å². The van der Waals surface area contributed by atoms with E-state index in [9.17, 15) is 0 Å². The predicted octanol–water partition coefficient (Wildman–Crippen LogP) is 3.84. The maximum Gasteiger partial charge on any atom is 0.131 e. The third kappa shape index (κ3) is 5.21. The quantitative estimate of drug-likeness (QED) is 0.427. The van der Waals surface area contributed by atoms with Gasteiger partial charge in [-0.2, -0.15) is 0 Å². The summed E-state index contributed by atoms with van der Waals surface area (Å²) in [5, 5.41) is 17.0. The van der Waals surface area contributed by atoms with Crippen molar-refractivity contribution in [3.05, 3.63) is 65.6 Å². The highest BCUT2D eigenvalue weighted by Gasteiger charge is 2.16. The fourth-order valence-electron chi connectivity index (χ4n) is 4.10. The Kier molecular flexibility index (Phi) is 6.45. The lowest BCUT2D eigenvalue weighted by Gasteiger charge is -2.21. The number of nitrogens with zero attached hydrogens (tertiary/aromatic N) is 7. The highest BCUT2D eigenvalue weighted by Crippen LogP contribution is 2.20. The molecule has 0 amide bonds. The van der Waals surface area contributed by atoms with Crippen LogP contribution in [-0.2, 0) is 17.8 Å². The van der Waals surface area contributed by atoms with Gasteiger partial charge in [-0.15, -0.1) is 10.2 Å². The first-order valence-corrected chi connectivity index (χ1v) is 11.6. The molecule has 34 heavy (non-hydrogen) atoms. The molecule has 0 bridgehead atoms.